The fraction of sp³-hybridized carbons (Fsp3) is 0.250. The fourth-order valence-electron chi connectivity index (χ4n) is 0.635. The standard InChI is InChI=1S/C8H9ClN2O.ClH/c9-3-6-12-11-7-8-1-4-10-5-2-8;/h1-2,4-5,7H,3,6H2;1H/b11-7-;. The first-order valence-electron chi connectivity index (χ1n) is 3.55. The van der Waals surface area contributed by atoms with Crippen molar-refractivity contribution in [2.45, 2.75) is 0 Å². The second-order valence-electron chi connectivity index (χ2n) is 2.04. The first-order valence-corrected chi connectivity index (χ1v) is 4.08. The van der Waals surface area contributed by atoms with Crippen LogP contribution in [-0.2, 0) is 4.84 Å². The Morgan fingerprint density at radius 2 is 2.15 bits per heavy atom. The molecule has 0 saturated heterocycles. The number of halogens is 2. The second kappa shape index (κ2) is 7.83. The van der Waals surface area contributed by atoms with E-state index >= 15 is 0 Å². The molecular formula is C8H10Cl2N2O. The first kappa shape index (κ1) is 12.2. The summed E-state index contributed by atoms with van der Waals surface area (Å²) in [6.45, 7) is 0.434. The predicted molar refractivity (Wildman–Crippen MR) is 55.8 cm³/mol. The summed E-state index contributed by atoms with van der Waals surface area (Å²) in [6.07, 6.45) is 5.01. The Hall–Kier alpha value is -0.800. The molecule has 0 aromatic carbocycles. The van der Waals surface area contributed by atoms with E-state index in [1.165, 1.54) is 0 Å². The lowest BCUT2D eigenvalue weighted by atomic mass is 10.3. The van der Waals surface area contributed by atoms with E-state index in [1.807, 2.05) is 12.1 Å². The van der Waals surface area contributed by atoms with Gasteiger partial charge in [-0.15, -0.1) is 24.0 Å². The largest absolute Gasteiger partial charge is 0.395 e. The molecule has 13 heavy (non-hydrogen) atoms. The first-order chi connectivity index (χ1) is 5.93. The third-order valence-corrected chi connectivity index (χ3v) is 1.31. The number of alkyl halides is 1. The Balaban J connectivity index is 0.00000144. The molecule has 0 amide bonds. The molecule has 0 bridgehead atoms. The number of hydrogen-bond donors (Lipinski definition) is 0. The van der Waals surface area contributed by atoms with Crippen molar-refractivity contribution in [3.63, 3.8) is 0 Å². The smallest absolute Gasteiger partial charge is 0.130 e. The molecule has 3 nitrogen and oxygen atoms in total. The molecule has 1 rings (SSSR count). The number of aromatic nitrogens is 1. The Labute approximate surface area is 88.2 Å². The minimum Gasteiger partial charge on any atom is -0.395 e. The number of rotatable bonds is 4. The minimum atomic E-state index is 0. The monoisotopic (exact) mass is 220 g/mol. The molecule has 0 unspecified atom stereocenters. The van der Waals surface area contributed by atoms with Gasteiger partial charge >= 0.3 is 0 Å². The Morgan fingerprint density at radius 3 is 2.77 bits per heavy atom. The lowest BCUT2D eigenvalue weighted by molar-refractivity contribution is 0.162. The normalized spacial score (nSPS) is 9.62. The summed E-state index contributed by atoms with van der Waals surface area (Å²) in [5, 5.41) is 3.69. The Bertz CT molecular complexity index is 241. The quantitative estimate of drug-likeness (QED) is 0.337. The van der Waals surface area contributed by atoms with Gasteiger partial charge in [-0.05, 0) is 17.7 Å². The van der Waals surface area contributed by atoms with Gasteiger partial charge in [0, 0.05) is 12.4 Å². The van der Waals surface area contributed by atoms with Gasteiger partial charge in [0.1, 0.15) is 6.61 Å². The molecule has 1 aromatic rings. The maximum atomic E-state index is 5.37. The molecule has 0 aliphatic carbocycles. The molecule has 72 valence electrons. The third-order valence-electron chi connectivity index (χ3n) is 1.15. The molecule has 0 radical (unpaired) electrons. The highest BCUT2D eigenvalue weighted by Gasteiger charge is 1.83. The van der Waals surface area contributed by atoms with Crippen molar-refractivity contribution in [1.29, 1.82) is 0 Å². The zero-order valence-electron chi connectivity index (χ0n) is 6.89. The van der Waals surface area contributed by atoms with Gasteiger partial charge in [0.15, 0.2) is 0 Å². The van der Waals surface area contributed by atoms with Crippen molar-refractivity contribution in [2.75, 3.05) is 12.5 Å². The molecule has 5 heteroatoms. The van der Waals surface area contributed by atoms with Crippen LogP contribution in [0, 0.1) is 0 Å². The van der Waals surface area contributed by atoms with E-state index in [2.05, 4.69) is 10.1 Å². The van der Waals surface area contributed by atoms with Crippen molar-refractivity contribution >= 4 is 30.2 Å². The van der Waals surface area contributed by atoms with Gasteiger partial charge in [-0.25, -0.2) is 0 Å². The molecule has 1 aromatic heterocycles. The summed E-state index contributed by atoms with van der Waals surface area (Å²) in [7, 11) is 0. The molecule has 0 aliphatic heterocycles. The van der Waals surface area contributed by atoms with Crippen LogP contribution in [0.25, 0.3) is 0 Å². The lowest BCUT2D eigenvalue weighted by Gasteiger charge is -1.92. The van der Waals surface area contributed by atoms with Gasteiger partial charge in [-0.3, -0.25) is 4.98 Å². The zero-order chi connectivity index (χ0) is 8.65. The average Bonchev–Trinajstić information content (AvgIpc) is 2.14. The van der Waals surface area contributed by atoms with E-state index in [1.54, 1.807) is 18.6 Å². The van der Waals surface area contributed by atoms with Gasteiger partial charge in [-0.2, -0.15) is 0 Å². The van der Waals surface area contributed by atoms with Crippen LogP contribution in [0.1, 0.15) is 5.56 Å². The summed E-state index contributed by atoms with van der Waals surface area (Å²) >= 11 is 5.37. The van der Waals surface area contributed by atoms with Crippen LogP contribution in [0.4, 0.5) is 0 Å². The lowest BCUT2D eigenvalue weighted by Crippen LogP contribution is -1.89. The Kier molecular flexibility index (Phi) is 7.35. The number of oxime groups is 1. The maximum Gasteiger partial charge on any atom is 0.130 e. The summed E-state index contributed by atoms with van der Waals surface area (Å²) < 4.78 is 0. The van der Waals surface area contributed by atoms with E-state index in [0.717, 1.165) is 5.56 Å². The van der Waals surface area contributed by atoms with Crippen LogP contribution < -0.4 is 0 Å². The maximum absolute atomic E-state index is 5.37. The van der Waals surface area contributed by atoms with E-state index in [9.17, 15) is 0 Å². The topological polar surface area (TPSA) is 34.5 Å². The second-order valence-corrected chi connectivity index (χ2v) is 2.42. The van der Waals surface area contributed by atoms with Crippen molar-refractivity contribution in [3.8, 4) is 0 Å². The molecule has 0 saturated carbocycles. The van der Waals surface area contributed by atoms with Crippen LogP contribution in [0.15, 0.2) is 29.7 Å². The predicted octanol–water partition coefficient (Wildman–Crippen LogP) is 2.09. The van der Waals surface area contributed by atoms with E-state index < -0.39 is 0 Å². The van der Waals surface area contributed by atoms with Crippen molar-refractivity contribution in [2.24, 2.45) is 5.16 Å². The highest BCUT2D eigenvalue weighted by atomic mass is 35.5. The number of pyridine rings is 1. The zero-order valence-corrected chi connectivity index (χ0v) is 8.46. The molecular weight excluding hydrogens is 211 g/mol. The van der Waals surface area contributed by atoms with E-state index in [-0.39, 0.29) is 12.4 Å². The van der Waals surface area contributed by atoms with Crippen molar-refractivity contribution in [1.82, 2.24) is 4.98 Å². The summed E-state index contributed by atoms with van der Waals surface area (Å²) in [5.74, 6) is 0.452. The summed E-state index contributed by atoms with van der Waals surface area (Å²) in [4.78, 5) is 8.67. The summed E-state index contributed by atoms with van der Waals surface area (Å²) in [6, 6.07) is 3.68. The van der Waals surface area contributed by atoms with Gasteiger partial charge in [-0.1, -0.05) is 5.16 Å². The average molecular weight is 221 g/mol. The van der Waals surface area contributed by atoms with Crippen molar-refractivity contribution in [3.05, 3.63) is 30.1 Å². The molecule has 0 atom stereocenters. The molecule has 0 aliphatic rings. The molecule has 0 N–H and O–H groups in total. The van der Waals surface area contributed by atoms with Crippen LogP contribution in [0.5, 0.6) is 0 Å². The van der Waals surface area contributed by atoms with Crippen LogP contribution in [-0.4, -0.2) is 23.7 Å². The number of nitrogens with zero attached hydrogens (tertiary/aromatic N) is 2. The highest BCUT2D eigenvalue weighted by molar-refractivity contribution is 6.17. The highest BCUT2D eigenvalue weighted by Crippen LogP contribution is 1.91. The van der Waals surface area contributed by atoms with Crippen LogP contribution in [0.3, 0.4) is 0 Å². The van der Waals surface area contributed by atoms with Crippen molar-refractivity contribution < 1.29 is 4.84 Å². The fourth-order valence-corrected chi connectivity index (χ4v) is 0.704. The van der Waals surface area contributed by atoms with E-state index in [4.69, 9.17) is 16.4 Å². The molecule has 0 fully saturated rings. The third kappa shape index (κ3) is 5.44. The minimum absolute atomic E-state index is 0. The number of hydrogen-bond acceptors (Lipinski definition) is 3. The van der Waals surface area contributed by atoms with Gasteiger partial charge in [0.2, 0.25) is 0 Å². The molecule has 0 spiro atoms. The van der Waals surface area contributed by atoms with Gasteiger partial charge in [0.05, 0.1) is 12.1 Å². The van der Waals surface area contributed by atoms with E-state index in [0.29, 0.717) is 12.5 Å². The SMILES string of the molecule is Cl.ClCCO/N=C\c1ccncc1. The van der Waals surface area contributed by atoms with Crippen LogP contribution in [0.2, 0.25) is 0 Å². The Morgan fingerprint density at radius 1 is 1.46 bits per heavy atom. The summed E-state index contributed by atoms with van der Waals surface area (Å²) in [5.41, 5.74) is 0.958. The van der Waals surface area contributed by atoms with Gasteiger partial charge < -0.3 is 4.84 Å². The molecule has 1 heterocycles. The van der Waals surface area contributed by atoms with Crippen LogP contribution >= 0.6 is 24.0 Å². The van der Waals surface area contributed by atoms with Gasteiger partial charge in [0.25, 0.3) is 0 Å².